The molecule has 9 nitrogen and oxygen atoms in total. The van der Waals surface area contributed by atoms with Crippen LogP contribution in [0.25, 0.3) is 0 Å². The molecule has 0 aromatic rings. The van der Waals surface area contributed by atoms with Gasteiger partial charge in [0.25, 0.3) is 0 Å². The maximum absolute atomic E-state index is 12.8. The van der Waals surface area contributed by atoms with Crippen LogP contribution in [0.4, 0.5) is 0 Å². The lowest BCUT2D eigenvalue weighted by Crippen LogP contribution is -2.29. The average Bonchev–Trinajstić information content (AvgIpc) is 3.68. The normalized spacial score (nSPS) is 13.4. The number of carbonyl (C=O) groups is 2. The van der Waals surface area contributed by atoms with Crippen molar-refractivity contribution in [2.45, 2.75) is 380 Å². The molecule has 528 valence electrons. The van der Waals surface area contributed by atoms with Crippen LogP contribution in [-0.4, -0.2) is 49.3 Å². The van der Waals surface area contributed by atoms with Gasteiger partial charge in [-0.25, -0.2) is 4.57 Å². The molecule has 0 amide bonds. The van der Waals surface area contributed by atoms with E-state index in [1.54, 1.807) is 0 Å². The summed E-state index contributed by atoms with van der Waals surface area (Å²) >= 11 is 0. The maximum Gasteiger partial charge on any atom is 0.472 e. The van der Waals surface area contributed by atoms with Crippen molar-refractivity contribution in [3.8, 4) is 0 Å². The minimum absolute atomic E-state index is 0.0527. The molecule has 2 unspecified atom stereocenters. The van der Waals surface area contributed by atoms with Crippen molar-refractivity contribution >= 4 is 19.8 Å². The highest BCUT2D eigenvalue weighted by Crippen LogP contribution is 2.43. The Hall–Kier alpha value is -3.07. The summed E-state index contributed by atoms with van der Waals surface area (Å²) < 4.78 is 33.3. The van der Waals surface area contributed by atoms with E-state index in [1.807, 2.05) is 0 Å². The number of esters is 2. The first-order valence-electron chi connectivity index (χ1n) is 38.7. The minimum Gasteiger partial charge on any atom is -0.462 e. The van der Waals surface area contributed by atoms with E-state index in [-0.39, 0.29) is 38.6 Å². The third kappa shape index (κ3) is 75.8. The second kappa shape index (κ2) is 76.0. The van der Waals surface area contributed by atoms with Crippen molar-refractivity contribution in [3.05, 3.63) is 97.2 Å². The number of phosphoric acid groups is 1. The average molecular weight is 1290 g/mol. The molecule has 0 heterocycles. The van der Waals surface area contributed by atoms with Crippen LogP contribution >= 0.6 is 7.82 Å². The number of hydrogen-bond acceptors (Lipinski definition) is 8. The predicted molar refractivity (Wildman–Crippen MR) is 395 cm³/mol. The summed E-state index contributed by atoms with van der Waals surface area (Å²) in [7, 11) is -4.40. The van der Waals surface area contributed by atoms with Crippen LogP contribution in [0, 0.1) is 0 Å². The number of ether oxygens (including phenoxy) is 2. The Morgan fingerprint density at radius 3 is 0.901 bits per heavy atom. The molecule has 0 spiro atoms. The molecular weight excluding hydrogens is 1150 g/mol. The fourth-order valence-electron chi connectivity index (χ4n) is 11.3. The monoisotopic (exact) mass is 1290 g/mol. The molecular formula is C81H146NO8P. The molecule has 10 heteroatoms. The lowest BCUT2D eigenvalue weighted by molar-refractivity contribution is -0.161. The molecule has 0 aliphatic rings. The van der Waals surface area contributed by atoms with Gasteiger partial charge in [0, 0.05) is 19.4 Å². The standard InChI is InChI=1S/C81H146NO8P/c1-3-5-7-9-11-13-15-17-19-21-23-25-27-29-31-33-35-37-39-41-43-45-47-49-51-53-55-57-59-61-63-65-67-69-71-73-80(83)87-77-79(78-89-91(85,86)88-76-75-82)90-81(84)74-72-70-68-66-64-62-60-58-56-54-52-50-48-46-44-42-40-38-36-34-32-30-28-26-24-22-20-18-16-14-12-10-8-6-4-2/h6,8,12,14-15,17-18,20-21,23-24,26,30,32,36,38,79H,3-5,7,9-11,13,16,19,22,25,27-29,31,33-35,37,39-78,82H2,1-2H3,(H,85,86)/b8-6-,14-12-,17-15-,20-18-,23-21-,26-24-,32-30-,38-36-. The summed E-state index contributed by atoms with van der Waals surface area (Å²) in [6.45, 7) is 3.67. The van der Waals surface area contributed by atoms with Crippen molar-refractivity contribution in [2.75, 3.05) is 26.4 Å². The van der Waals surface area contributed by atoms with Crippen LogP contribution < -0.4 is 5.73 Å². The van der Waals surface area contributed by atoms with Crippen molar-refractivity contribution in [1.29, 1.82) is 0 Å². The van der Waals surface area contributed by atoms with Crippen LogP contribution in [-0.2, 0) is 32.7 Å². The molecule has 3 N–H and O–H groups in total. The van der Waals surface area contributed by atoms with E-state index in [0.29, 0.717) is 6.42 Å². The van der Waals surface area contributed by atoms with Gasteiger partial charge in [0.15, 0.2) is 6.10 Å². The predicted octanol–water partition coefficient (Wildman–Crippen LogP) is 25.9. The molecule has 0 aromatic heterocycles. The number of phosphoric ester groups is 1. The SMILES string of the molecule is CC/C=C\C/C=C\C/C=C\C/C=C\C/C=C\C/C=C\CCCCCCCCCCCCCCCCCCC(=O)OC(COC(=O)CCCCCCCCCCCCCCCCCCCCCCCCC/C=C\C/C=C\CCCCCCC)COP(=O)(O)OCCN. The van der Waals surface area contributed by atoms with Crippen LogP contribution in [0.1, 0.15) is 373 Å². The number of unbranched alkanes of at least 4 members (excludes halogenated alkanes) is 44. The first kappa shape index (κ1) is 87.9. The first-order valence-corrected chi connectivity index (χ1v) is 40.2. The highest BCUT2D eigenvalue weighted by molar-refractivity contribution is 7.47. The highest BCUT2D eigenvalue weighted by Gasteiger charge is 2.26. The zero-order valence-electron chi connectivity index (χ0n) is 59.6. The lowest BCUT2D eigenvalue weighted by Gasteiger charge is -2.19. The molecule has 0 rings (SSSR count). The summed E-state index contributed by atoms with van der Waals surface area (Å²) in [6.07, 6.45) is 104. The van der Waals surface area contributed by atoms with Gasteiger partial charge in [-0.3, -0.25) is 18.6 Å². The summed E-state index contributed by atoms with van der Waals surface area (Å²) in [5, 5.41) is 0. The van der Waals surface area contributed by atoms with E-state index in [2.05, 4.69) is 111 Å². The topological polar surface area (TPSA) is 134 Å². The van der Waals surface area contributed by atoms with E-state index in [0.717, 1.165) is 83.5 Å². The number of hydrogen-bond donors (Lipinski definition) is 2. The molecule has 0 aliphatic heterocycles. The zero-order valence-corrected chi connectivity index (χ0v) is 60.5. The van der Waals surface area contributed by atoms with Gasteiger partial charge in [0.05, 0.1) is 13.2 Å². The number of allylic oxidation sites excluding steroid dienone is 16. The van der Waals surface area contributed by atoms with Crippen molar-refractivity contribution in [2.24, 2.45) is 5.73 Å². The molecule has 0 saturated carbocycles. The van der Waals surface area contributed by atoms with Crippen molar-refractivity contribution < 1.29 is 37.6 Å². The fourth-order valence-corrected chi connectivity index (χ4v) is 12.0. The fraction of sp³-hybridized carbons (Fsp3) is 0.778. The van der Waals surface area contributed by atoms with Gasteiger partial charge in [-0.05, 0) is 96.3 Å². The van der Waals surface area contributed by atoms with Gasteiger partial charge >= 0.3 is 19.8 Å². The third-order valence-corrected chi connectivity index (χ3v) is 17.9. The van der Waals surface area contributed by atoms with Crippen LogP contribution in [0.15, 0.2) is 97.2 Å². The van der Waals surface area contributed by atoms with Crippen molar-refractivity contribution in [1.82, 2.24) is 0 Å². The van der Waals surface area contributed by atoms with Gasteiger partial charge in [0.2, 0.25) is 0 Å². The summed E-state index contributed by atoms with van der Waals surface area (Å²) in [5.74, 6) is -0.812. The quantitative estimate of drug-likeness (QED) is 0.0264. The molecule has 0 saturated heterocycles. The second-order valence-corrected chi connectivity index (χ2v) is 27.3. The Kier molecular flexibility index (Phi) is 73.4. The molecule has 0 fully saturated rings. The molecule has 0 bridgehead atoms. The number of carbonyl (C=O) groups excluding carboxylic acids is 2. The number of rotatable bonds is 73. The Labute approximate surface area is 563 Å². The minimum atomic E-state index is -4.40. The van der Waals surface area contributed by atoms with Crippen LogP contribution in [0.3, 0.4) is 0 Å². The smallest absolute Gasteiger partial charge is 0.462 e. The molecule has 0 aromatic carbocycles. The highest BCUT2D eigenvalue weighted by atomic mass is 31.2. The van der Waals surface area contributed by atoms with E-state index in [1.165, 1.54) is 257 Å². The maximum atomic E-state index is 12.8. The largest absolute Gasteiger partial charge is 0.472 e. The lowest BCUT2D eigenvalue weighted by atomic mass is 10.0. The van der Waals surface area contributed by atoms with E-state index in [9.17, 15) is 19.0 Å². The molecule has 0 radical (unpaired) electrons. The summed E-state index contributed by atoms with van der Waals surface area (Å²) in [5.41, 5.74) is 5.41. The van der Waals surface area contributed by atoms with Gasteiger partial charge in [-0.1, -0.05) is 361 Å². The first-order chi connectivity index (χ1) is 44.8. The summed E-state index contributed by atoms with van der Waals surface area (Å²) in [6, 6.07) is 0. The van der Waals surface area contributed by atoms with Gasteiger partial charge in [0.1, 0.15) is 6.61 Å². The Balaban J connectivity index is 3.81. The van der Waals surface area contributed by atoms with Crippen molar-refractivity contribution in [3.63, 3.8) is 0 Å². The molecule has 2 atom stereocenters. The molecule has 91 heavy (non-hydrogen) atoms. The van der Waals surface area contributed by atoms with E-state index >= 15 is 0 Å². The number of nitrogens with two attached hydrogens (primary N) is 1. The van der Waals surface area contributed by atoms with Gasteiger partial charge in [-0.2, -0.15) is 0 Å². The van der Waals surface area contributed by atoms with E-state index in [4.69, 9.17) is 24.3 Å². The Bertz CT molecular complexity index is 1820. The van der Waals surface area contributed by atoms with E-state index < -0.39 is 26.5 Å². The third-order valence-electron chi connectivity index (χ3n) is 17.0. The Morgan fingerprint density at radius 1 is 0.341 bits per heavy atom. The van der Waals surface area contributed by atoms with Gasteiger partial charge in [-0.15, -0.1) is 0 Å². The van der Waals surface area contributed by atoms with Crippen LogP contribution in [0.5, 0.6) is 0 Å². The second-order valence-electron chi connectivity index (χ2n) is 25.8. The molecule has 0 aliphatic carbocycles. The Morgan fingerprint density at radius 2 is 0.604 bits per heavy atom. The van der Waals surface area contributed by atoms with Crippen LogP contribution in [0.2, 0.25) is 0 Å². The summed E-state index contributed by atoms with van der Waals surface area (Å²) in [4.78, 5) is 35.4. The zero-order chi connectivity index (χ0) is 65.8. The van der Waals surface area contributed by atoms with Gasteiger partial charge < -0.3 is 20.1 Å².